The number of carbonyl (C=O) groups excluding carboxylic acids is 1. The minimum atomic E-state index is -3.49. The molecule has 8 heteroatoms. The van der Waals surface area contributed by atoms with Gasteiger partial charge in [-0.25, -0.2) is 8.42 Å². The van der Waals surface area contributed by atoms with Crippen molar-refractivity contribution in [2.75, 3.05) is 39.5 Å². The van der Waals surface area contributed by atoms with Gasteiger partial charge >= 0.3 is 0 Å². The maximum absolute atomic E-state index is 12.6. The van der Waals surface area contributed by atoms with Gasteiger partial charge in [0.2, 0.25) is 15.9 Å². The highest BCUT2D eigenvalue weighted by Gasteiger charge is 2.26. The molecule has 0 saturated carbocycles. The number of benzene rings is 2. The van der Waals surface area contributed by atoms with E-state index in [2.05, 4.69) is 5.32 Å². The van der Waals surface area contributed by atoms with Gasteiger partial charge in [0.05, 0.1) is 24.7 Å². The monoisotopic (exact) mass is 432 g/mol. The number of hydrogen-bond acceptors (Lipinski definition) is 5. The maximum atomic E-state index is 12.6. The molecule has 1 fully saturated rings. The summed E-state index contributed by atoms with van der Waals surface area (Å²) in [6.45, 7) is 4.44. The second-order valence-corrected chi connectivity index (χ2v) is 9.11. The first kappa shape index (κ1) is 22.3. The molecule has 0 bridgehead atoms. The van der Waals surface area contributed by atoms with E-state index in [9.17, 15) is 13.2 Å². The number of nitrogens with one attached hydrogen (secondary N) is 1. The lowest BCUT2D eigenvalue weighted by atomic mass is 10.1. The lowest BCUT2D eigenvalue weighted by Crippen LogP contribution is -2.40. The Morgan fingerprint density at radius 2 is 1.73 bits per heavy atom. The highest BCUT2D eigenvalue weighted by atomic mass is 32.2. The summed E-state index contributed by atoms with van der Waals surface area (Å²) in [6, 6.07) is 14.5. The largest absolute Gasteiger partial charge is 0.492 e. The molecule has 1 aliphatic heterocycles. The third kappa shape index (κ3) is 6.29. The van der Waals surface area contributed by atoms with Gasteiger partial charge in [0.25, 0.3) is 0 Å². The molecule has 162 valence electrons. The van der Waals surface area contributed by atoms with Crippen molar-refractivity contribution in [2.45, 2.75) is 24.7 Å². The predicted octanol–water partition coefficient (Wildman–Crippen LogP) is 2.14. The zero-order chi connectivity index (χ0) is 21.4. The Kier molecular flexibility index (Phi) is 7.84. The Morgan fingerprint density at radius 3 is 2.40 bits per heavy atom. The molecule has 1 heterocycles. The van der Waals surface area contributed by atoms with Gasteiger partial charge in [0.1, 0.15) is 12.4 Å². The molecule has 0 radical (unpaired) electrons. The van der Waals surface area contributed by atoms with Crippen molar-refractivity contribution in [3.8, 4) is 5.75 Å². The van der Waals surface area contributed by atoms with Gasteiger partial charge in [-0.2, -0.15) is 4.31 Å². The number of aryl methyl sites for hydroxylation is 2. The normalized spacial score (nSPS) is 15.0. The number of hydrogen-bond donors (Lipinski definition) is 1. The van der Waals surface area contributed by atoms with Crippen molar-refractivity contribution in [3.63, 3.8) is 0 Å². The minimum Gasteiger partial charge on any atom is -0.492 e. The van der Waals surface area contributed by atoms with E-state index in [0.29, 0.717) is 52.3 Å². The van der Waals surface area contributed by atoms with Gasteiger partial charge in [0, 0.05) is 19.5 Å². The van der Waals surface area contributed by atoms with Crippen LogP contribution in [0, 0.1) is 6.92 Å². The molecule has 0 aliphatic carbocycles. The number of ether oxygens (including phenoxy) is 2. The zero-order valence-corrected chi connectivity index (χ0v) is 18.0. The number of carbonyl (C=O) groups is 1. The smallest absolute Gasteiger partial charge is 0.243 e. The molecule has 3 rings (SSSR count). The number of rotatable bonds is 9. The molecule has 1 amide bonds. The van der Waals surface area contributed by atoms with Gasteiger partial charge in [-0.05, 0) is 43.2 Å². The van der Waals surface area contributed by atoms with Gasteiger partial charge in [-0.3, -0.25) is 4.79 Å². The van der Waals surface area contributed by atoms with Crippen LogP contribution < -0.4 is 10.1 Å². The first-order valence-corrected chi connectivity index (χ1v) is 11.5. The van der Waals surface area contributed by atoms with Gasteiger partial charge in [0.15, 0.2) is 0 Å². The summed E-state index contributed by atoms with van der Waals surface area (Å²) in [5, 5.41) is 2.83. The summed E-state index contributed by atoms with van der Waals surface area (Å²) in [7, 11) is -3.49. The standard InChI is InChI=1S/C22H28N2O5S/c1-18-2-7-20(8-3-18)29-15-12-23-22(25)11-6-19-4-9-21(10-5-19)30(26,27)24-13-16-28-17-14-24/h2-5,7-10H,6,11-17H2,1H3,(H,23,25). The van der Waals surface area contributed by atoms with Crippen molar-refractivity contribution in [1.82, 2.24) is 9.62 Å². The second-order valence-electron chi connectivity index (χ2n) is 7.17. The molecule has 7 nitrogen and oxygen atoms in total. The Morgan fingerprint density at radius 1 is 1.07 bits per heavy atom. The van der Waals surface area contributed by atoms with Crippen molar-refractivity contribution in [3.05, 3.63) is 59.7 Å². The van der Waals surface area contributed by atoms with Crippen LogP contribution >= 0.6 is 0 Å². The van der Waals surface area contributed by atoms with Crippen LogP contribution in [0.15, 0.2) is 53.4 Å². The molecular weight excluding hydrogens is 404 g/mol. The highest BCUT2D eigenvalue weighted by molar-refractivity contribution is 7.89. The number of sulfonamides is 1. The van der Waals surface area contributed by atoms with Crippen LogP contribution in [0.5, 0.6) is 5.75 Å². The van der Waals surface area contributed by atoms with Crippen molar-refractivity contribution >= 4 is 15.9 Å². The van der Waals surface area contributed by atoms with Crippen LogP contribution in [0.3, 0.4) is 0 Å². The minimum absolute atomic E-state index is 0.0625. The second kappa shape index (κ2) is 10.6. The van der Waals surface area contributed by atoms with Crippen molar-refractivity contribution < 1.29 is 22.7 Å². The Bertz CT molecular complexity index is 921. The molecule has 0 unspecified atom stereocenters. The van der Waals surface area contributed by atoms with E-state index in [4.69, 9.17) is 9.47 Å². The third-order valence-electron chi connectivity index (χ3n) is 4.89. The fraction of sp³-hybridized carbons (Fsp3) is 0.409. The van der Waals surface area contributed by atoms with Gasteiger partial charge in [-0.15, -0.1) is 0 Å². The topological polar surface area (TPSA) is 84.9 Å². The molecule has 0 spiro atoms. The summed E-state index contributed by atoms with van der Waals surface area (Å²) in [5.74, 6) is 0.717. The molecule has 2 aromatic rings. The summed E-state index contributed by atoms with van der Waals surface area (Å²) >= 11 is 0. The first-order valence-electron chi connectivity index (χ1n) is 10.1. The van der Waals surface area contributed by atoms with Crippen LogP contribution in [0.2, 0.25) is 0 Å². The first-order chi connectivity index (χ1) is 14.4. The van der Waals surface area contributed by atoms with Crippen LogP contribution in [-0.2, 0) is 26.0 Å². The summed E-state index contributed by atoms with van der Waals surface area (Å²) in [4.78, 5) is 12.3. The van der Waals surface area contributed by atoms with E-state index >= 15 is 0 Å². The molecule has 1 saturated heterocycles. The van der Waals surface area contributed by atoms with Crippen molar-refractivity contribution in [1.29, 1.82) is 0 Å². The van der Waals surface area contributed by atoms with Crippen LogP contribution in [0.25, 0.3) is 0 Å². The number of nitrogens with zero attached hydrogens (tertiary/aromatic N) is 1. The van der Waals surface area contributed by atoms with Crippen LogP contribution in [0.1, 0.15) is 17.5 Å². The summed E-state index contributed by atoms with van der Waals surface area (Å²) in [5.41, 5.74) is 2.09. The quantitative estimate of drug-likeness (QED) is 0.614. The van der Waals surface area contributed by atoms with E-state index in [1.807, 2.05) is 31.2 Å². The Labute approximate surface area is 178 Å². The lowest BCUT2D eigenvalue weighted by Gasteiger charge is -2.26. The average Bonchev–Trinajstić information content (AvgIpc) is 2.77. The fourth-order valence-corrected chi connectivity index (χ4v) is 4.51. The molecule has 30 heavy (non-hydrogen) atoms. The SMILES string of the molecule is Cc1ccc(OCCNC(=O)CCc2ccc(S(=O)(=O)N3CCOCC3)cc2)cc1. The molecule has 0 aromatic heterocycles. The zero-order valence-electron chi connectivity index (χ0n) is 17.2. The van der Waals surface area contributed by atoms with Crippen LogP contribution in [-0.4, -0.2) is 58.1 Å². The predicted molar refractivity (Wildman–Crippen MR) is 114 cm³/mol. The van der Waals surface area contributed by atoms with Gasteiger partial charge < -0.3 is 14.8 Å². The van der Waals surface area contributed by atoms with E-state index < -0.39 is 10.0 Å². The molecule has 1 N–H and O–H groups in total. The number of morpholine rings is 1. The van der Waals surface area contributed by atoms with E-state index in [1.54, 1.807) is 24.3 Å². The Hall–Kier alpha value is -2.42. The van der Waals surface area contributed by atoms with Crippen LogP contribution in [0.4, 0.5) is 0 Å². The average molecular weight is 433 g/mol. The highest BCUT2D eigenvalue weighted by Crippen LogP contribution is 2.18. The third-order valence-corrected chi connectivity index (χ3v) is 6.80. The lowest BCUT2D eigenvalue weighted by molar-refractivity contribution is -0.121. The van der Waals surface area contributed by atoms with E-state index in [0.717, 1.165) is 11.3 Å². The molecule has 2 aromatic carbocycles. The fourth-order valence-electron chi connectivity index (χ4n) is 3.10. The van der Waals surface area contributed by atoms with E-state index in [-0.39, 0.29) is 10.8 Å². The van der Waals surface area contributed by atoms with Gasteiger partial charge in [-0.1, -0.05) is 29.8 Å². The summed E-state index contributed by atoms with van der Waals surface area (Å²) < 4.78 is 37.5. The Balaban J connectivity index is 1.40. The molecular formula is C22H28N2O5S. The molecule has 1 aliphatic rings. The van der Waals surface area contributed by atoms with E-state index in [1.165, 1.54) is 9.87 Å². The van der Waals surface area contributed by atoms with Crippen molar-refractivity contribution in [2.24, 2.45) is 0 Å². The maximum Gasteiger partial charge on any atom is 0.243 e. The number of amides is 1. The summed E-state index contributed by atoms with van der Waals surface area (Å²) in [6.07, 6.45) is 0.878. The molecule has 0 atom stereocenters.